The van der Waals surface area contributed by atoms with E-state index in [4.69, 9.17) is 0 Å². The Morgan fingerprint density at radius 2 is 0.953 bits per heavy atom. The molecule has 5 unspecified atom stereocenters. The molecule has 2 aliphatic heterocycles. The third kappa shape index (κ3) is 6.48. The summed E-state index contributed by atoms with van der Waals surface area (Å²) in [6.07, 6.45) is 4.63. The number of hydrogen-bond acceptors (Lipinski definition) is 2. The van der Waals surface area contributed by atoms with Crippen LogP contribution >= 0.6 is 0 Å². The first-order valence-corrected chi connectivity index (χ1v) is 16.4. The Balaban J connectivity index is 0.000000140. The average Bonchev–Trinajstić information content (AvgIpc) is 3.86. The van der Waals surface area contributed by atoms with Crippen LogP contribution in [0.25, 0.3) is 0 Å². The summed E-state index contributed by atoms with van der Waals surface area (Å²) >= 11 is 0. The summed E-state index contributed by atoms with van der Waals surface area (Å²) in [6, 6.07) is 43.0. The van der Waals surface area contributed by atoms with Gasteiger partial charge < -0.3 is 9.80 Å². The molecule has 4 aromatic carbocycles. The number of likely N-dealkylation sites (tertiary alicyclic amines) is 2. The lowest BCUT2D eigenvalue weighted by molar-refractivity contribution is -0.130. The normalized spacial score (nSPS) is 26.8. The molecule has 0 N–H and O–H groups in total. The van der Waals surface area contributed by atoms with E-state index in [2.05, 4.69) is 119 Å². The second kappa shape index (κ2) is 12.9. The first kappa shape index (κ1) is 28.1. The second-order valence-electron chi connectivity index (χ2n) is 13.1. The number of hydrogen-bond donors (Lipinski definition) is 0. The van der Waals surface area contributed by atoms with Crippen LogP contribution in [-0.2, 0) is 17.6 Å². The minimum atomic E-state index is 0.263. The number of nitrogens with zero attached hydrogens (tertiary/aromatic N) is 2. The van der Waals surface area contributed by atoms with Crippen LogP contribution in [0.15, 0.2) is 121 Å². The van der Waals surface area contributed by atoms with Gasteiger partial charge in [-0.2, -0.15) is 0 Å². The molecular formula is C40H44N2O. The fraction of sp³-hybridized carbons (Fsp3) is 0.375. The Kier molecular flexibility index (Phi) is 8.43. The quantitative estimate of drug-likeness (QED) is 0.198. The predicted octanol–water partition coefficient (Wildman–Crippen LogP) is 7.46. The van der Waals surface area contributed by atoms with Crippen LogP contribution in [0.1, 0.15) is 46.9 Å². The summed E-state index contributed by atoms with van der Waals surface area (Å²) in [7, 11) is 0. The number of rotatable bonds is 10. The highest BCUT2D eigenvalue weighted by atomic mass is 16.2. The SMILES string of the molecule is O=C1C2C(CN1CCCc1ccccc1)C2c1ccccc1.c1ccc(CCCN2CC3C(C2)C3c2ccccc2)cc1. The van der Waals surface area contributed by atoms with Crippen molar-refractivity contribution in [1.82, 2.24) is 9.80 Å². The molecule has 43 heavy (non-hydrogen) atoms. The molecule has 2 heterocycles. The summed E-state index contributed by atoms with van der Waals surface area (Å²) in [6.45, 7) is 5.77. The van der Waals surface area contributed by atoms with Crippen LogP contribution < -0.4 is 0 Å². The molecule has 4 aromatic rings. The van der Waals surface area contributed by atoms with E-state index in [-0.39, 0.29) is 5.92 Å². The monoisotopic (exact) mass is 568 g/mol. The number of amides is 1. The number of carbonyl (C=O) groups is 1. The lowest BCUT2D eigenvalue weighted by Gasteiger charge is -2.20. The lowest BCUT2D eigenvalue weighted by Crippen LogP contribution is -2.31. The van der Waals surface area contributed by atoms with E-state index in [0.29, 0.717) is 17.7 Å². The highest BCUT2D eigenvalue weighted by Crippen LogP contribution is 2.59. The zero-order valence-electron chi connectivity index (χ0n) is 25.2. The largest absolute Gasteiger partial charge is 0.342 e. The molecule has 1 amide bonds. The first-order chi connectivity index (χ1) is 21.3. The van der Waals surface area contributed by atoms with Gasteiger partial charge in [-0.25, -0.2) is 0 Å². The van der Waals surface area contributed by atoms with Gasteiger partial charge in [-0.05, 0) is 78.2 Å². The third-order valence-electron chi connectivity index (χ3n) is 10.4. The van der Waals surface area contributed by atoms with E-state index in [1.54, 1.807) is 5.56 Å². The molecule has 4 fully saturated rings. The Bertz CT molecular complexity index is 1450. The molecule has 220 valence electrons. The Morgan fingerprint density at radius 3 is 1.44 bits per heavy atom. The van der Waals surface area contributed by atoms with Crippen molar-refractivity contribution >= 4 is 5.91 Å². The molecule has 0 aromatic heterocycles. The van der Waals surface area contributed by atoms with Crippen molar-refractivity contribution in [3.63, 3.8) is 0 Å². The van der Waals surface area contributed by atoms with Gasteiger partial charge >= 0.3 is 0 Å². The maximum atomic E-state index is 12.5. The van der Waals surface area contributed by atoms with E-state index in [1.165, 1.54) is 49.2 Å². The minimum absolute atomic E-state index is 0.263. The zero-order chi connectivity index (χ0) is 29.0. The molecule has 5 atom stereocenters. The van der Waals surface area contributed by atoms with Gasteiger partial charge in [0.15, 0.2) is 0 Å². The molecule has 8 rings (SSSR count). The number of fused-ring (bicyclic) bond motifs is 2. The van der Waals surface area contributed by atoms with Crippen molar-refractivity contribution in [2.24, 2.45) is 23.7 Å². The summed E-state index contributed by atoms with van der Waals surface area (Å²) in [5, 5.41) is 0. The van der Waals surface area contributed by atoms with Gasteiger partial charge in [-0.1, -0.05) is 121 Å². The van der Waals surface area contributed by atoms with Gasteiger partial charge in [0.1, 0.15) is 0 Å². The Morgan fingerprint density at radius 1 is 0.488 bits per heavy atom. The zero-order valence-corrected chi connectivity index (χ0v) is 25.2. The summed E-state index contributed by atoms with van der Waals surface area (Å²) in [5.41, 5.74) is 5.75. The molecule has 4 aliphatic rings. The smallest absolute Gasteiger partial charge is 0.226 e. The van der Waals surface area contributed by atoms with Crippen LogP contribution in [-0.4, -0.2) is 48.4 Å². The topological polar surface area (TPSA) is 23.6 Å². The molecular weight excluding hydrogens is 524 g/mol. The number of benzene rings is 4. The Labute approximate surface area is 257 Å². The standard InChI is InChI=1S/C20H21NO.C20H23N/c22-20-19-17(18(19)16-11-5-2-6-12-16)14-21(20)13-7-10-15-8-3-1-4-9-15;1-3-8-16(9-4-1)10-7-13-21-14-18-19(15-21)20(18)17-11-5-2-6-12-17/h1-6,8-9,11-12,17-19H,7,10,13-14H2;1-6,8-9,11-12,18-20H,7,10,13-15H2. The third-order valence-corrected chi connectivity index (χ3v) is 10.4. The van der Waals surface area contributed by atoms with Crippen LogP contribution in [0.5, 0.6) is 0 Å². The second-order valence-corrected chi connectivity index (χ2v) is 13.1. The molecule has 2 saturated carbocycles. The summed E-state index contributed by atoms with van der Waals surface area (Å²) in [4.78, 5) is 17.3. The number of aryl methyl sites for hydroxylation is 2. The average molecular weight is 569 g/mol. The van der Waals surface area contributed by atoms with Crippen molar-refractivity contribution in [2.75, 3.05) is 32.7 Å². The van der Waals surface area contributed by atoms with E-state index in [1.807, 2.05) is 12.1 Å². The fourth-order valence-electron chi connectivity index (χ4n) is 8.06. The van der Waals surface area contributed by atoms with Gasteiger partial charge in [0.05, 0.1) is 5.92 Å². The van der Waals surface area contributed by atoms with Gasteiger partial charge in [0.25, 0.3) is 0 Å². The van der Waals surface area contributed by atoms with Crippen LogP contribution in [0.2, 0.25) is 0 Å². The van der Waals surface area contributed by atoms with Crippen molar-refractivity contribution in [3.05, 3.63) is 144 Å². The molecule has 0 bridgehead atoms. The Hall–Kier alpha value is -3.69. The van der Waals surface area contributed by atoms with Gasteiger partial charge in [-0.15, -0.1) is 0 Å². The van der Waals surface area contributed by atoms with Crippen molar-refractivity contribution in [1.29, 1.82) is 0 Å². The maximum Gasteiger partial charge on any atom is 0.226 e. The molecule has 2 saturated heterocycles. The van der Waals surface area contributed by atoms with Crippen molar-refractivity contribution < 1.29 is 4.79 Å². The van der Waals surface area contributed by atoms with Crippen molar-refractivity contribution in [3.8, 4) is 0 Å². The summed E-state index contributed by atoms with van der Waals surface area (Å²) < 4.78 is 0. The maximum absolute atomic E-state index is 12.5. The highest BCUT2D eigenvalue weighted by molar-refractivity contribution is 5.86. The molecule has 3 nitrogen and oxygen atoms in total. The first-order valence-electron chi connectivity index (χ1n) is 16.4. The fourth-order valence-corrected chi connectivity index (χ4v) is 8.06. The lowest BCUT2D eigenvalue weighted by atomic mass is 10.1. The molecule has 2 aliphatic carbocycles. The summed E-state index contributed by atoms with van der Waals surface area (Å²) in [5.74, 6) is 4.42. The minimum Gasteiger partial charge on any atom is -0.342 e. The van der Waals surface area contributed by atoms with Crippen molar-refractivity contribution in [2.45, 2.75) is 37.5 Å². The van der Waals surface area contributed by atoms with Crippen LogP contribution in [0.3, 0.4) is 0 Å². The highest BCUT2D eigenvalue weighted by Gasteiger charge is 2.61. The molecule has 0 spiro atoms. The predicted molar refractivity (Wildman–Crippen MR) is 175 cm³/mol. The van der Waals surface area contributed by atoms with Gasteiger partial charge in [0, 0.05) is 32.1 Å². The van der Waals surface area contributed by atoms with E-state index < -0.39 is 0 Å². The number of piperidine rings is 2. The van der Waals surface area contributed by atoms with E-state index in [0.717, 1.165) is 43.7 Å². The molecule has 0 radical (unpaired) electrons. The van der Waals surface area contributed by atoms with Gasteiger partial charge in [0.2, 0.25) is 5.91 Å². The number of carbonyl (C=O) groups excluding carboxylic acids is 1. The van der Waals surface area contributed by atoms with Crippen LogP contribution in [0, 0.1) is 23.7 Å². The van der Waals surface area contributed by atoms with E-state index in [9.17, 15) is 4.79 Å². The molecule has 3 heteroatoms. The van der Waals surface area contributed by atoms with Gasteiger partial charge in [-0.3, -0.25) is 4.79 Å². The van der Waals surface area contributed by atoms with Crippen LogP contribution in [0.4, 0.5) is 0 Å². The van der Waals surface area contributed by atoms with E-state index >= 15 is 0 Å².